The zero-order chi connectivity index (χ0) is 17.6. The summed E-state index contributed by atoms with van der Waals surface area (Å²) in [6.45, 7) is 0. The van der Waals surface area contributed by atoms with Gasteiger partial charge in [0.25, 0.3) is 10.0 Å². The maximum atomic E-state index is 12.8. The summed E-state index contributed by atoms with van der Waals surface area (Å²) >= 11 is 8.53. The van der Waals surface area contributed by atoms with Crippen LogP contribution in [-0.2, 0) is 10.0 Å². The van der Waals surface area contributed by atoms with Crippen LogP contribution in [0.1, 0.15) is 0 Å². The zero-order valence-electron chi connectivity index (χ0n) is 12.9. The number of aromatic amines is 1. The standard InChI is InChI=1S/C16H12ClN3O2S3/c1-20(25(21,22)14-6-3-7-23-14)12-5-2-4-10-8-11(19-15(10)12)16-18-9-13(17)24-16/h2-9,19H,1H3. The summed E-state index contributed by atoms with van der Waals surface area (Å²) < 4.78 is 27.8. The number of sulfonamides is 1. The molecule has 0 aliphatic heterocycles. The highest BCUT2D eigenvalue weighted by Gasteiger charge is 2.24. The lowest BCUT2D eigenvalue weighted by Gasteiger charge is -2.19. The number of benzene rings is 1. The van der Waals surface area contributed by atoms with Gasteiger partial charge in [-0.2, -0.15) is 0 Å². The van der Waals surface area contributed by atoms with E-state index in [2.05, 4.69) is 9.97 Å². The number of H-pyrrole nitrogens is 1. The maximum absolute atomic E-state index is 12.8. The minimum absolute atomic E-state index is 0.311. The Balaban J connectivity index is 1.84. The minimum Gasteiger partial charge on any atom is -0.351 e. The molecular formula is C16H12ClN3O2S3. The number of para-hydroxylation sites is 1. The van der Waals surface area contributed by atoms with Crippen LogP contribution >= 0.6 is 34.3 Å². The number of hydrogen-bond donors (Lipinski definition) is 1. The van der Waals surface area contributed by atoms with E-state index in [1.165, 1.54) is 27.0 Å². The molecule has 4 aromatic rings. The van der Waals surface area contributed by atoms with Crippen LogP contribution in [0.3, 0.4) is 0 Å². The number of hydrogen-bond acceptors (Lipinski definition) is 5. The molecule has 0 radical (unpaired) electrons. The van der Waals surface area contributed by atoms with Crippen molar-refractivity contribution >= 4 is 60.9 Å². The molecule has 0 aliphatic carbocycles. The smallest absolute Gasteiger partial charge is 0.273 e. The second-order valence-corrected chi connectivity index (χ2v) is 10.1. The van der Waals surface area contributed by atoms with Gasteiger partial charge in [0.1, 0.15) is 13.6 Å². The van der Waals surface area contributed by atoms with Crippen molar-refractivity contribution in [1.29, 1.82) is 0 Å². The molecule has 128 valence electrons. The molecule has 0 amide bonds. The van der Waals surface area contributed by atoms with Crippen molar-refractivity contribution < 1.29 is 8.42 Å². The first kappa shape index (κ1) is 16.6. The minimum atomic E-state index is -3.59. The fourth-order valence-electron chi connectivity index (χ4n) is 2.57. The summed E-state index contributed by atoms with van der Waals surface area (Å²) in [5.74, 6) is 0. The second kappa shape index (κ2) is 6.14. The molecule has 0 bridgehead atoms. The fraction of sp³-hybridized carbons (Fsp3) is 0.0625. The van der Waals surface area contributed by atoms with Gasteiger partial charge in [-0.25, -0.2) is 13.4 Å². The van der Waals surface area contributed by atoms with E-state index in [9.17, 15) is 8.42 Å². The van der Waals surface area contributed by atoms with Crippen molar-refractivity contribution in [2.45, 2.75) is 4.21 Å². The number of rotatable bonds is 4. The average Bonchev–Trinajstić information content (AvgIpc) is 3.32. The number of thiophene rings is 1. The molecule has 0 fully saturated rings. The molecule has 1 aromatic carbocycles. The van der Waals surface area contributed by atoms with E-state index < -0.39 is 10.0 Å². The number of thiazole rings is 1. The van der Waals surface area contributed by atoms with Crippen molar-refractivity contribution in [3.8, 4) is 10.7 Å². The zero-order valence-corrected chi connectivity index (χ0v) is 16.1. The SMILES string of the molecule is CN(c1cccc2cc(-c3ncc(Cl)s3)[nH]c12)S(=O)(=O)c1cccs1. The molecule has 0 spiro atoms. The van der Waals surface area contributed by atoms with Gasteiger partial charge in [-0.3, -0.25) is 4.31 Å². The molecule has 9 heteroatoms. The molecular weight excluding hydrogens is 398 g/mol. The molecule has 4 rings (SSSR count). The third-order valence-electron chi connectivity index (χ3n) is 3.79. The Morgan fingerprint density at radius 3 is 2.76 bits per heavy atom. The van der Waals surface area contributed by atoms with Crippen molar-refractivity contribution in [1.82, 2.24) is 9.97 Å². The molecule has 0 saturated carbocycles. The van der Waals surface area contributed by atoms with Gasteiger partial charge in [-0.15, -0.1) is 22.7 Å². The Labute approximate surface area is 157 Å². The number of aromatic nitrogens is 2. The molecule has 0 unspecified atom stereocenters. The van der Waals surface area contributed by atoms with Crippen molar-refractivity contribution in [3.05, 3.63) is 52.3 Å². The maximum Gasteiger partial charge on any atom is 0.273 e. The van der Waals surface area contributed by atoms with E-state index in [-0.39, 0.29) is 0 Å². The highest BCUT2D eigenvalue weighted by molar-refractivity contribution is 7.94. The summed E-state index contributed by atoms with van der Waals surface area (Å²) in [5.41, 5.74) is 2.13. The van der Waals surface area contributed by atoms with E-state index >= 15 is 0 Å². The Hall–Kier alpha value is -1.87. The molecule has 25 heavy (non-hydrogen) atoms. The summed E-state index contributed by atoms with van der Waals surface area (Å²) in [6, 6.07) is 10.8. The van der Waals surface area contributed by atoms with Gasteiger partial charge < -0.3 is 4.98 Å². The predicted molar refractivity (Wildman–Crippen MR) is 104 cm³/mol. The number of nitrogens with zero attached hydrogens (tertiary/aromatic N) is 2. The van der Waals surface area contributed by atoms with Crippen LogP contribution in [0.25, 0.3) is 21.6 Å². The number of nitrogens with one attached hydrogen (secondary N) is 1. The van der Waals surface area contributed by atoms with Gasteiger partial charge in [-0.1, -0.05) is 29.8 Å². The second-order valence-electron chi connectivity index (χ2n) is 5.30. The molecule has 1 N–H and O–H groups in total. The van der Waals surface area contributed by atoms with Gasteiger partial charge in [-0.05, 0) is 23.6 Å². The predicted octanol–water partition coefficient (Wildman–Crippen LogP) is 4.83. The number of anilines is 1. The summed E-state index contributed by atoms with van der Waals surface area (Å²) in [6.07, 6.45) is 1.60. The van der Waals surface area contributed by atoms with Crippen LogP contribution in [-0.4, -0.2) is 25.4 Å². The monoisotopic (exact) mass is 409 g/mol. The number of fused-ring (bicyclic) bond motifs is 1. The van der Waals surface area contributed by atoms with Crippen LogP contribution in [0, 0.1) is 0 Å². The van der Waals surface area contributed by atoms with Gasteiger partial charge >= 0.3 is 0 Å². The van der Waals surface area contributed by atoms with Gasteiger partial charge in [0.2, 0.25) is 0 Å². The van der Waals surface area contributed by atoms with E-state index in [0.717, 1.165) is 21.6 Å². The summed E-state index contributed by atoms with van der Waals surface area (Å²) in [5, 5.41) is 3.42. The summed E-state index contributed by atoms with van der Waals surface area (Å²) in [4.78, 5) is 7.55. The molecule has 0 atom stereocenters. The van der Waals surface area contributed by atoms with Crippen LogP contribution in [0.4, 0.5) is 5.69 Å². The quantitative estimate of drug-likeness (QED) is 0.524. The Kier molecular flexibility index (Phi) is 4.07. The van der Waals surface area contributed by atoms with E-state index in [1.54, 1.807) is 36.8 Å². The Morgan fingerprint density at radius 2 is 2.08 bits per heavy atom. The normalized spacial score (nSPS) is 11.9. The lowest BCUT2D eigenvalue weighted by Crippen LogP contribution is -2.26. The van der Waals surface area contributed by atoms with Crippen molar-refractivity contribution in [3.63, 3.8) is 0 Å². The lowest BCUT2D eigenvalue weighted by molar-refractivity contribution is 0.596. The highest BCUT2D eigenvalue weighted by Crippen LogP contribution is 2.35. The van der Waals surface area contributed by atoms with Crippen LogP contribution < -0.4 is 4.31 Å². The average molecular weight is 410 g/mol. The van der Waals surface area contributed by atoms with Crippen LogP contribution in [0.2, 0.25) is 4.34 Å². The third-order valence-corrected chi connectivity index (χ3v) is 8.08. The Morgan fingerprint density at radius 1 is 1.24 bits per heavy atom. The third kappa shape index (κ3) is 2.85. The Bertz CT molecular complexity index is 1150. The molecule has 0 aliphatic rings. The topological polar surface area (TPSA) is 66.1 Å². The van der Waals surface area contributed by atoms with Gasteiger partial charge in [0, 0.05) is 12.4 Å². The summed E-state index contributed by atoms with van der Waals surface area (Å²) in [7, 11) is -2.03. The molecule has 5 nitrogen and oxygen atoms in total. The first-order valence-electron chi connectivity index (χ1n) is 7.23. The van der Waals surface area contributed by atoms with E-state index in [0.29, 0.717) is 14.2 Å². The lowest BCUT2D eigenvalue weighted by atomic mass is 10.2. The van der Waals surface area contributed by atoms with E-state index in [4.69, 9.17) is 11.6 Å². The fourth-order valence-corrected chi connectivity index (χ4v) is 5.82. The van der Waals surface area contributed by atoms with Crippen molar-refractivity contribution in [2.24, 2.45) is 0 Å². The van der Waals surface area contributed by atoms with Crippen molar-refractivity contribution in [2.75, 3.05) is 11.4 Å². The van der Waals surface area contributed by atoms with Gasteiger partial charge in [0.15, 0.2) is 0 Å². The number of halogens is 1. The molecule has 3 heterocycles. The largest absolute Gasteiger partial charge is 0.351 e. The van der Waals surface area contributed by atoms with Gasteiger partial charge in [0.05, 0.1) is 23.1 Å². The first-order chi connectivity index (χ1) is 12.0. The highest BCUT2D eigenvalue weighted by atomic mass is 35.5. The first-order valence-corrected chi connectivity index (χ1v) is 10.7. The van der Waals surface area contributed by atoms with E-state index in [1.807, 2.05) is 18.2 Å². The van der Waals surface area contributed by atoms with Crippen LogP contribution in [0.5, 0.6) is 0 Å². The molecule has 0 saturated heterocycles. The van der Waals surface area contributed by atoms with Crippen LogP contribution in [0.15, 0.2) is 52.2 Å². The molecule has 3 aromatic heterocycles.